The van der Waals surface area contributed by atoms with Crippen molar-refractivity contribution in [2.45, 2.75) is 12.8 Å². The maximum absolute atomic E-state index is 12.2. The van der Waals surface area contributed by atoms with Crippen LogP contribution in [-0.4, -0.2) is 17.8 Å². The summed E-state index contributed by atoms with van der Waals surface area (Å²) in [6.45, 7) is 0. The number of aryl methyl sites for hydroxylation is 1. The minimum atomic E-state index is -0.506. The summed E-state index contributed by atoms with van der Waals surface area (Å²) in [6.07, 6.45) is 1.15. The van der Waals surface area contributed by atoms with Gasteiger partial charge >= 0.3 is 5.97 Å². The van der Waals surface area contributed by atoms with Gasteiger partial charge < -0.3 is 21.5 Å². The number of benzene rings is 2. The molecule has 0 atom stereocenters. The second-order valence-electron chi connectivity index (χ2n) is 5.34. The van der Waals surface area contributed by atoms with Crippen molar-refractivity contribution in [3.8, 4) is 5.75 Å². The molecule has 1 aliphatic heterocycles. The number of anilines is 1. The Kier molecular flexibility index (Phi) is 4.15. The number of fused-ring (bicyclic) bond motifs is 1. The number of hydrogen-bond donors (Lipinski definition) is 3. The molecule has 2 aromatic rings. The van der Waals surface area contributed by atoms with Crippen molar-refractivity contribution in [2.75, 3.05) is 5.32 Å². The van der Waals surface area contributed by atoms with E-state index in [4.69, 9.17) is 16.2 Å². The number of carbonyl (C=O) groups excluding carboxylic acids is 2. The van der Waals surface area contributed by atoms with E-state index in [1.165, 1.54) is 0 Å². The fourth-order valence-electron chi connectivity index (χ4n) is 2.40. The third kappa shape index (κ3) is 3.52. The van der Waals surface area contributed by atoms with Crippen molar-refractivity contribution >= 4 is 29.2 Å². The normalized spacial score (nSPS) is 12.8. The molecule has 1 amide bonds. The number of ether oxygens (including phenoxy) is 1. The third-order valence-corrected chi connectivity index (χ3v) is 3.55. The van der Waals surface area contributed by atoms with Crippen LogP contribution in [0.25, 0.3) is 0 Å². The standard InChI is InChI=1S/C17H16N4O3/c18-17(19)20-12-5-1-11(2-6-12)16(23)24-13-7-3-10-4-8-15(22)21-14(10)9-13/h1-3,5-7,9H,4,8H2,(H,21,22)(H4,18,19,20). The molecule has 1 aliphatic rings. The number of aliphatic imine (C=N–C) groups is 1. The highest BCUT2D eigenvalue weighted by atomic mass is 16.5. The predicted molar refractivity (Wildman–Crippen MR) is 90.3 cm³/mol. The number of guanidine groups is 1. The average Bonchev–Trinajstić information content (AvgIpc) is 2.54. The lowest BCUT2D eigenvalue weighted by molar-refractivity contribution is -0.116. The van der Waals surface area contributed by atoms with Crippen LogP contribution in [-0.2, 0) is 11.2 Å². The number of nitrogens with zero attached hydrogens (tertiary/aromatic N) is 1. The van der Waals surface area contributed by atoms with Crippen LogP contribution in [0, 0.1) is 0 Å². The Hall–Kier alpha value is -3.35. The molecule has 5 N–H and O–H groups in total. The maximum Gasteiger partial charge on any atom is 0.343 e. The monoisotopic (exact) mass is 324 g/mol. The van der Waals surface area contributed by atoms with Crippen LogP contribution in [0.5, 0.6) is 5.75 Å². The van der Waals surface area contributed by atoms with E-state index in [2.05, 4.69) is 10.3 Å². The third-order valence-electron chi connectivity index (χ3n) is 3.55. The summed E-state index contributed by atoms with van der Waals surface area (Å²) in [5.74, 6) is -0.231. The minimum Gasteiger partial charge on any atom is -0.423 e. The summed E-state index contributed by atoms with van der Waals surface area (Å²) < 4.78 is 5.35. The number of rotatable bonds is 3. The van der Waals surface area contributed by atoms with E-state index in [0.29, 0.717) is 35.5 Å². The van der Waals surface area contributed by atoms with Gasteiger partial charge in [0.1, 0.15) is 5.75 Å². The Bertz CT molecular complexity index is 824. The van der Waals surface area contributed by atoms with E-state index in [1.807, 2.05) is 6.07 Å². The van der Waals surface area contributed by atoms with Crippen LogP contribution in [0.15, 0.2) is 47.5 Å². The van der Waals surface area contributed by atoms with E-state index < -0.39 is 5.97 Å². The lowest BCUT2D eigenvalue weighted by Crippen LogP contribution is -2.21. The molecule has 7 nitrogen and oxygen atoms in total. The highest BCUT2D eigenvalue weighted by Gasteiger charge is 2.16. The molecule has 3 rings (SSSR count). The van der Waals surface area contributed by atoms with E-state index in [9.17, 15) is 9.59 Å². The van der Waals surface area contributed by atoms with Crippen LogP contribution in [0.3, 0.4) is 0 Å². The fraction of sp³-hybridized carbons (Fsp3) is 0.118. The van der Waals surface area contributed by atoms with Gasteiger partial charge in [-0.05, 0) is 42.3 Å². The van der Waals surface area contributed by atoms with Crippen LogP contribution in [0.2, 0.25) is 0 Å². The summed E-state index contributed by atoms with van der Waals surface area (Å²) in [5, 5.41) is 2.77. The van der Waals surface area contributed by atoms with Crippen LogP contribution in [0.1, 0.15) is 22.3 Å². The lowest BCUT2D eigenvalue weighted by Gasteiger charge is -2.17. The van der Waals surface area contributed by atoms with Gasteiger partial charge in [0.25, 0.3) is 0 Å². The van der Waals surface area contributed by atoms with E-state index in [-0.39, 0.29) is 11.9 Å². The van der Waals surface area contributed by atoms with Crippen molar-refractivity contribution in [1.29, 1.82) is 0 Å². The molecule has 0 radical (unpaired) electrons. The zero-order chi connectivity index (χ0) is 17.1. The highest BCUT2D eigenvalue weighted by Crippen LogP contribution is 2.27. The molecule has 7 heteroatoms. The summed E-state index contributed by atoms with van der Waals surface area (Å²) in [4.78, 5) is 27.5. The predicted octanol–water partition coefficient (Wildman–Crippen LogP) is 1.70. The first-order valence-corrected chi connectivity index (χ1v) is 7.36. The molecule has 0 saturated heterocycles. The van der Waals surface area contributed by atoms with Crippen LogP contribution < -0.4 is 21.5 Å². The van der Waals surface area contributed by atoms with Gasteiger partial charge in [-0.3, -0.25) is 4.79 Å². The molecule has 122 valence electrons. The molecule has 0 unspecified atom stereocenters. The molecule has 0 saturated carbocycles. The average molecular weight is 324 g/mol. The first kappa shape index (κ1) is 15.5. The van der Waals surface area contributed by atoms with Gasteiger partial charge in [-0.1, -0.05) is 6.07 Å². The number of esters is 1. The molecule has 0 bridgehead atoms. The summed E-state index contributed by atoms with van der Waals surface area (Å²) in [7, 11) is 0. The molecule has 0 aromatic heterocycles. The summed E-state index contributed by atoms with van der Waals surface area (Å²) in [6, 6.07) is 11.6. The Morgan fingerprint density at radius 3 is 2.54 bits per heavy atom. The number of amides is 1. The van der Waals surface area contributed by atoms with Gasteiger partial charge in [-0.25, -0.2) is 9.79 Å². The Morgan fingerprint density at radius 1 is 1.08 bits per heavy atom. The number of nitrogens with two attached hydrogens (primary N) is 2. The van der Waals surface area contributed by atoms with Crippen molar-refractivity contribution < 1.29 is 14.3 Å². The second kappa shape index (κ2) is 6.41. The quantitative estimate of drug-likeness (QED) is 0.343. The first-order chi connectivity index (χ1) is 11.5. The molecule has 0 fully saturated rings. The summed E-state index contributed by atoms with van der Waals surface area (Å²) >= 11 is 0. The highest BCUT2D eigenvalue weighted by molar-refractivity contribution is 5.95. The Labute approximate surface area is 138 Å². The van der Waals surface area contributed by atoms with Crippen molar-refractivity contribution in [1.82, 2.24) is 0 Å². The number of hydrogen-bond acceptors (Lipinski definition) is 4. The van der Waals surface area contributed by atoms with Gasteiger partial charge in [0.05, 0.1) is 11.3 Å². The molecule has 0 spiro atoms. The topological polar surface area (TPSA) is 120 Å². The van der Waals surface area contributed by atoms with Crippen molar-refractivity contribution in [3.05, 3.63) is 53.6 Å². The van der Waals surface area contributed by atoms with E-state index in [1.54, 1.807) is 36.4 Å². The largest absolute Gasteiger partial charge is 0.423 e. The maximum atomic E-state index is 12.2. The zero-order valence-electron chi connectivity index (χ0n) is 12.8. The SMILES string of the molecule is NC(N)=Nc1ccc(C(=O)Oc2ccc3c(c2)NC(=O)CC3)cc1. The number of carbonyl (C=O) groups is 2. The zero-order valence-corrected chi connectivity index (χ0v) is 12.8. The smallest absolute Gasteiger partial charge is 0.343 e. The van der Waals surface area contributed by atoms with Gasteiger partial charge in [-0.2, -0.15) is 0 Å². The van der Waals surface area contributed by atoms with Crippen LogP contribution in [0.4, 0.5) is 11.4 Å². The summed E-state index contributed by atoms with van der Waals surface area (Å²) in [5.41, 5.74) is 13.2. The molecule has 24 heavy (non-hydrogen) atoms. The van der Waals surface area contributed by atoms with Gasteiger partial charge in [0.2, 0.25) is 5.91 Å². The fourth-order valence-corrected chi connectivity index (χ4v) is 2.40. The van der Waals surface area contributed by atoms with Crippen molar-refractivity contribution in [2.24, 2.45) is 16.5 Å². The van der Waals surface area contributed by atoms with Crippen LogP contribution >= 0.6 is 0 Å². The van der Waals surface area contributed by atoms with Gasteiger partial charge in [0, 0.05) is 18.2 Å². The molecular weight excluding hydrogens is 308 g/mol. The molecular formula is C17H16N4O3. The minimum absolute atomic E-state index is 0.0405. The molecule has 1 heterocycles. The Morgan fingerprint density at radius 2 is 1.83 bits per heavy atom. The Balaban J connectivity index is 1.74. The van der Waals surface area contributed by atoms with E-state index in [0.717, 1.165) is 5.56 Å². The van der Waals surface area contributed by atoms with Gasteiger partial charge in [-0.15, -0.1) is 0 Å². The lowest BCUT2D eigenvalue weighted by atomic mass is 10.0. The first-order valence-electron chi connectivity index (χ1n) is 7.36. The second-order valence-corrected chi connectivity index (χ2v) is 5.34. The van der Waals surface area contributed by atoms with Crippen molar-refractivity contribution in [3.63, 3.8) is 0 Å². The molecule has 0 aliphatic carbocycles. The number of nitrogens with one attached hydrogen (secondary N) is 1. The van der Waals surface area contributed by atoms with Gasteiger partial charge in [0.15, 0.2) is 5.96 Å². The molecule has 2 aromatic carbocycles. The van der Waals surface area contributed by atoms with E-state index >= 15 is 0 Å².